The number of benzene rings is 3. The zero-order valence-electron chi connectivity index (χ0n) is 17.7. The largest absolute Gasteiger partial charge is 0.488 e. The molecular formula is C24H19BrCl2FN3O3. The predicted octanol–water partition coefficient (Wildman–Crippen LogP) is 6.34. The molecule has 3 aromatic carbocycles. The minimum absolute atomic E-state index is 0.0703. The number of hydrazone groups is 1. The van der Waals surface area contributed by atoms with Gasteiger partial charge >= 0.3 is 0 Å². The Kier molecular flexibility index (Phi) is 9.44. The second-order valence-corrected chi connectivity index (χ2v) is 8.72. The first kappa shape index (κ1) is 25.7. The van der Waals surface area contributed by atoms with Crippen LogP contribution in [0.15, 0.2) is 70.2 Å². The lowest BCUT2D eigenvalue weighted by molar-refractivity contribution is -0.124. The maximum absolute atomic E-state index is 13.5. The summed E-state index contributed by atoms with van der Waals surface area (Å²) in [4.78, 5) is 23.8. The second-order valence-electron chi connectivity index (χ2n) is 7.05. The van der Waals surface area contributed by atoms with Crippen LogP contribution < -0.4 is 15.5 Å². The van der Waals surface area contributed by atoms with Gasteiger partial charge in [-0.1, -0.05) is 41.4 Å². The molecule has 0 spiro atoms. The molecule has 0 aliphatic rings. The third kappa shape index (κ3) is 7.83. The van der Waals surface area contributed by atoms with E-state index in [-0.39, 0.29) is 18.5 Å². The molecule has 34 heavy (non-hydrogen) atoms. The Balaban J connectivity index is 1.44. The molecule has 3 rings (SSSR count). The molecule has 0 unspecified atom stereocenters. The zero-order chi connectivity index (χ0) is 24.5. The SMILES string of the molecule is O=C(CCC(=O)Nc1ccccc1F)NN=Cc1ccc(OCc2ccc(Cl)c(Cl)c2)c(Br)c1. The molecule has 0 fully saturated rings. The number of nitrogens with one attached hydrogen (secondary N) is 2. The van der Waals surface area contributed by atoms with Gasteiger partial charge in [0.15, 0.2) is 0 Å². The molecule has 0 aliphatic carbocycles. The number of nitrogens with zero attached hydrogens (tertiary/aromatic N) is 1. The van der Waals surface area contributed by atoms with Gasteiger partial charge in [-0.15, -0.1) is 0 Å². The average molecular weight is 567 g/mol. The van der Waals surface area contributed by atoms with E-state index in [1.54, 1.807) is 36.4 Å². The van der Waals surface area contributed by atoms with Crippen LogP contribution >= 0.6 is 39.1 Å². The molecule has 0 saturated carbocycles. The highest BCUT2D eigenvalue weighted by atomic mass is 79.9. The Morgan fingerprint density at radius 3 is 2.50 bits per heavy atom. The number of carbonyl (C=O) groups is 2. The van der Waals surface area contributed by atoms with Crippen molar-refractivity contribution in [2.75, 3.05) is 5.32 Å². The van der Waals surface area contributed by atoms with Gasteiger partial charge < -0.3 is 10.1 Å². The highest BCUT2D eigenvalue weighted by Gasteiger charge is 2.09. The molecule has 0 aliphatic heterocycles. The summed E-state index contributed by atoms with van der Waals surface area (Å²) < 4.78 is 20.0. The van der Waals surface area contributed by atoms with Gasteiger partial charge in [0.05, 0.1) is 26.4 Å². The van der Waals surface area contributed by atoms with Gasteiger partial charge in [0.1, 0.15) is 18.2 Å². The van der Waals surface area contributed by atoms with Crippen LogP contribution in [-0.4, -0.2) is 18.0 Å². The number of halogens is 4. The first-order valence-electron chi connectivity index (χ1n) is 10.0. The quantitative estimate of drug-likeness (QED) is 0.234. The van der Waals surface area contributed by atoms with E-state index in [2.05, 4.69) is 31.8 Å². The van der Waals surface area contributed by atoms with Crippen LogP contribution in [0.5, 0.6) is 5.75 Å². The van der Waals surface area contributed by atoms with Crippen LogP contribution in [0.3, 0.4) is 0 Å². The summed E-state index contributed by atoms with van der Waals surface area (Å²) >= 11 is 15.4. The first-order chi connectivity index (χ1) is 16.3. The molecule has 176 valence electrons. The number of rotatable bonds is 9. The fraction of sp³-hybridized carbons (Fsp3) is 0.125. The molecule has 6 nitrogen and oxygen atoms in total. The van der Waals surface area contributed by atoms with Crippen molar-refractivity contribution >= 4 is 62.8 Å². The molecule has 0 aromatic heterocycles. The van der Waals surface area contributed by atoms with Crippen molar-refractivity contribution in [2.24, 2.45) is 5.10 Å². The summed E-state index contributed by atoms with van der Waals surface area (Å²) in [5.74, 6) is -0.833. The molecule has 2 N–H and O–H groups in total. The first-order valence-corrected chi connectivity index (χ1v) is 11.6. The van der Waals surface area contributed by atoms with Crippen LogP contribution in [-0.2, 0) is 16.2 Å². The zero-order valence-corrected chi connectivity index (χ0v) is 20.8. The summed E-state index contributed by atoms with van der Waals surface area (Å²) in [7, 11) is 0. The molecule has 0 saturated heterocycles. The summed E-state index contributed by atoms with van der Waals surface area (Å²) in [6.45, 7) is 0.309. The monoisotopic (exact) mass is 565 g/mol. The number of hydrogen-bond donors (Lipinski definition) is 2. The van der Waals surface area contributed by atoms with Crippen LogP contribution in [0.25, 0.3) is 0 Å². The fourth-order valence-electron chi connectivity index (χ4n) is 2.74. The van der Waals surface area contributed by atoms with Crippen molar-refractivity contribution < 1.29 is 18.7 Å². The van der Waals surface area contributed by atoms with Crippen molar-refractivity contribution in [1.29, 1.82) is 0 Å². The van der Waals surface area contributed by atoms with Crippen molar-refractivity contribution in [3.63, 3.8) is 0 Å². The topological polar surface area (TPSA) is 79.8 Å². The van der Waals surface area contributed by atoms with Crippen molar-refractivity contribution in [1.82, 2.24) is 5.43 Å². The standard InChI is InChI=1S/C24H19BrCl2FN3O3/c25-17-11-15(6-8-22(17)34-14-16-5-7-18(26)19(27)12-16)13-29-31-24(33)10-9-23(32)30-21-4-2-1-3-20(21)28/h1-8,11-13H,9-10,14H2,(H,30,32)(H,31,33). The molecule has 3 aromatic rings. The summed E-state index contributed by atoms with van der Waals surface area (Å²) in [6, 6.07) is 16.4. The van der Waals surface area contributed by atoms with Gasteiger partial charge in [0, 0.05) is 12.8 Å². The van der Waals surface area contributed by atoms with Crippen LogP contribution in [0, 0.1) is 5.82 Å². The smallest absolute Gasteiger partial charge is 0.240 e. The maximum Gasteiger partial charge on any atom is 0.240 e. The number of para-hydroxylation sites is 1. The molecule has 0 heterocycles. The lowest BCUT2D eigenvalue weighted by atomic mass is 10.2. The Morgan fingerprint density at radius 2 is 1.76 bits per heavy atom. The van der Waals surface area contributed by atoms with E-state index < -0.39 is 17.6 Å². The van der Waals surface area contributed by atoms with E-state index in [1.165, 1.54) is 24.4 Å². The Hall–Kier alpha value is -2.94. The van der Waals surface area contributed by atoms with Crippen LogP contribution in [0.1, 0.15) is 24.0 Å². The van der Waals surface area contributed by atoms with Gasteiger partial charge in [-0.25, -0.2) is 9.82 Å². The van der Waals surface area contributed by atoms with E-state index in [1.807, 2.05) is 6.07 Å². The average Bonchev–Trinajstić information content (AvgIpc) is 2.81. The molecule has 10 heteroatoms. The summed E-state index contributed by atoms with van der Waals surface area (Å²) in [6.07, 6.45) is 1.26. The van der Waals surface area contributed by atoms with E-state index in [4.69, 9.17) is 27.9 Å². The predicted molar refractivity (Wildman–Crippen MR) is 135 cm³/mol. The lowest BCUT2D eigenvalue weighted by Gasteiger charge is -2.09. The van der Waals surface area contributed by atoms with Gasteiger partial charge in [-0.2, -0.15) is 5.10 Å². The number of amides is 2. The molecule has 0 radical (unpaired) electrons. The highest BCUT2D eigenvalue weighted by Crippen LogP contribution is 2.28. The summed E-state index contributed by atoms with van der Waals surface area (Å²) in [5.41, 5.74) is 4.02. The molecular weight excluding hydrogens is 548 g/mol. The van der Waals surface area contributed by atoms with Gasteiger partial charge in [-0.3, -0.25) is 9.59 Å². The van der Waals surface area contributed by atoms with Gasteiger partial charge in [0.25, 0.3) is 0 Å². The highest BCUT2D eigenvalue weighted by molar-refractivity contribution is 9.10. The Morgan fingerprint density at radius 1 is 1.00 bits per heavy atom. The van der Waals surface area contributed by atoms with Gasteiger partial charge in [0.2, 0.25) is 11.8 Å². The van der Waals surface area contributed by atoms with Crippen LogP contribution in [0.4, 0.5) is 10.1 Å². The van der Waals surface area contributed by atoms with Gasteiger partial charge in [-0.05, 0) is 69.5 Å². The summed E-state index contributed by atoms with van der Waals surface area (Å²) in [5, 5.41) is 7.26. The van der Waals surface area contributed by atoms with E-state index in [0.717, 1.165) is 5.56 Å². The Bertz CT molecular complexity index is 1220. The van der Waals surface area contributed by atoms with E-state index >= 15 is 0 Å². The minimum Gasteiger partial charge on any atom is -0.488 e. The second kappa shape index (κ2) is 12.5. The third-order valence-corrected chi connectivity index (χ3v) is 5.82. The van der Waals surface area contributed by atoms with Crippen molar-refractivity contribution in [3.8, 4) is 5.75 Å². The number of hydrogen-bond acceptors (Lipinski definition) is 4. The third-order valence-electron chi connectivity index (χ3n) is 4.46. The molecule has 0 bridgehead atoms. The Labute approximate surface area is 214 Å². The minimum atomic E-state index is -0.540. The molecule has 2 amide bonds. The van der Waals surface area contributed by atoms with E-state index in [9.17, 15) is 14.0 Å². The fourth-order valence-corrected chi connectivity index (χ4v) is 3.57. The number of ether oxygens (including phenoxy) is 1. The maximum atomic E-state index is 13.5. The lowest BCUT2D eigenvalue weighted by Crippen LogP contribution is -2.20. The number of anilines is 1. The van der Waals surface area contributed by atoms with E-state index in [0.29, 0.717) is 32.4 Å². The van der Waals surface area contributed by atoms with Crippen molar-refractivity contribution in [3.05, 3.63) is 92.1 Å². The van der Waals surface area contributed by atoms with Crippen molar-refractivity contribution in [2.45, 2.75) is 19.4 Å². The van der Waals surface area contributed by atoms with Crippen LogP contribution in [0.2, 0.25) is 10.0 Å². The molecule has 0 atom stereocenters. The normalized spacial score (nSPS) is 10.8. The number of carbonyl (C=O) groups excluding carboxylic acids is 2.